The highest BCUT2D eigenvalue weighted by molar-refractivity contribution is 5.74. The Hall–Kier alpha value is -1.89. The van der Waals surface area contributed by atoms with Crippen molar-refractivity contribution in [2.24, 2.45) is 0 Å². The summed E-state index contributed by atoms with van der Waals surface area (Å²) in [5, 5.41) is 7.80. The summed E-state index contributed by atoms with van der Waals surface area (Å²) in [4.78, 5) is 19.2. The fraction of sp³-hybridized carbons (Fsp3) is 0.615. The topological polar surface area (TPSA) is 84.8 Å². The summed E-state index contributed by atoms with van der Waals surface area (Å²) in [6.07, 6.45) is 1.55. The van der Waals surface area contributed by atoms with Crippen LogP contribution in [0.5, 0.6) is 0 Å². The summed E-state index contributed by atoms with van der Waals surface area (Å²) < 4.78 is 6.99. The minimum absolute atomic E-state index is 0.190. The van der Waals surface area contributed by atoms with Gasteiger partial charge in [0.2, 0.25) is 5.95 Å². The van der Waals surface area contributed by atoms with Gasteiger partial charge in [-0.3, -0.25) is 9.78 Å². The van der Waals surface area contributed by atoms with Crippen molar-refractivity contribution in [3.8, 4) is 0 Å². The Bertz CT molecular complexity index is 638. The summed E-state index contributed by atoms with van der Waals surface area (Å²) in [6.45, 7) is 9.82. The second-order valence-electron chi connectivity index (χ2n) is 5.50. The van der Waals surface area contributed by atoms with E-state index in [1.54, 1.807) is 10.9 Å². The van der Waals surface area contributed by atoms with Crippen LogP contribution >= 0.6 is 0 Å². The van der Waals surface area contributed by atoms with E-state index in [1.807, 2.05) is 27.7 Å². The van der Waals surface area contributed by atoms with Gasteiger partial charge < -0.3 is 10.1 Å². The molecule has 7 heteroatoms. The van der Waals surface area contributed by atoms with E-state index in [0.717, 1.165) is 0 Å². The monoisotopic (exact) mass is 279 g/mol. The summed E-state index contributed by atoms with van der Waals surface area (Å²) >= 11 is 0. The second kappa shape index (κ2) is 5.62. The number of H-pyrrole nitrogens is 1. The second-order valence-corrected chi connectivity index (χ2v) is 5.50. The maximum Gasteiger partial charge on any atom is 0.263 e. The van der Waals surface area contributed by atoms with Crippen LogP contribution in [-0.4, -0.2) is 39.5 Å². The summed E-state index contributed by atoms with van der Waals surface area (Å²) in [5.41, 5.74) is 0.162. The van der Waals surface area contributed by atoms with E-state index in [0.29, 0.717) is 36.7 Å². The van der Waals surface area contributed by atoms with Gasteiger partial charge in [-0.1, -0.05) is 0 Å². The van der Waals surface area contributed by atoms with Gasteiger partial charge in [0.1, 0.15) is 5.39 Å². The smallest absolute Gasteiger partial charge is 0.263 e. The third-order valence-corrected chi connectivity index (χ3v) is 2.82. The van der Waals surface area contributed by atoms with E-state index >= 15 is 0 Å². The molecule has 0 aromatic carbocycles. The number of rotatable bonds is 5. The van der Waals surface area contributed by atoms with Crippen LogP contribution in [0.3, 0.4) is 0 Å². The number of ether oxygens (including phenoxy) is 1. The highest BCUT2D eigenvalue weighted by Gasteiger charge is 2.19. The average Bonchev–Trinajstić information content (AvgIpc) is 2.79. The van der Waals surface area contributed by atoms with E-state index in [-0.39, 0.29) is 11.1 Å². The van der Waals surface area contributed by atoms with Gasteiger partial charge in [0.25, 0.3) is 5.56 Å². The number of fused-ring (bicyclic) bond motifs is 1. The molecule has 2 rings (SSSR count). The van der Waals surface area contributed by atoms with Gasteiger partial charge in [-0.05, 0) is 27.7 Å². The first kappa shape index (κ1) is 14.5. The number of aromatic nitrogens is 4. The summed E-state index contributed by atoms with van der Waals surface area (Å²) in [6, 6.07) is 0. The van der Waals surface area contributed by atoms with Crippen molar-refractivity contribution in [3.63, 3.8) is 0 Å². The molecule has 7 nitrogen and oxygen atoms in total. The molecule has 0 fully saturated rings. The van der Waals surface area contributed by atoms with Crippen LogP contribution < -0.4 is 10.9 Å². The van der Waals surface area contributed by atoms with Crippen molar-refractivity contribution < 1.29 is 4.74 Å². The van der Waals surface area contributed by atoms with E-state index in [9.17, 15) is 4.79 Å². The first-order valence-corrected chi connectivity index (χ1v) is 6.73. The number of nitrogens with zero attached hydrogens (tertiary/aromatic N) is 3. The number of nitrogens with one attached hydrogen (secondary N) is 2. The molecule has 0 bridgehead atoms. The van der Waals surface area contributed by atoms with Crippen molar-refractivity contribution in [2.45, 2.75) is 33.2 Å². The van der Waals surface area contributed by atoms with Gasteiger partial charge in [-0.25, -0.2) is 4.68 Å². The molecule has 0 saturated carbocycles. The molecule has 2 aromatic heterocycles. The normalized spacial score (nSPS) is 12.0. The molecule has 0 aliphatic heterocycles. The maximum atomic E-state index is 12.0. The number of anilines is 1. The average molecular weight is 279 g/mol. The van der Waals surface area contributed by atoms with Gasteiger partial charge in [-0.15, -0.1) is 0 Å². The molecular formula is C13H21N5O2. The Labute approximate surface area is 117 Å². The predicted molar refractivity (Wildman–Crippen MR) is 78.1 cm³/mol. The zero-order valence-electron chi connectivity index (χ0n) is 12.4. The zero-order valence-corrected chi connectivity index (χ0v) is 12.4. The molecule has 0 saturated heterocycles. The van der Waals surface area contributed by atoms with Crippen molar-refractivity contribution >= 4 is 17.0 Å². The van der Waals surface area contributed by atoms with Gasteiger partial charge in [0.05, 0.1) is 18.3 Å². The Kier molecular flexibility index (Phi) is 4.08. The lowest BCUT2D eigenvalue weighted by Crippen LogP contribution is -2.24. The van der Waals surface area contributed by atoms with E-state index in [4.69, 9.17) is 4.74 Å². The molecule has 110 valence electrons. The van der Waals surface area contributed by atoms with E-state index < -0.39 is 0 Å². The molecule has 0 aliphatic carbocycles. The Balaban J connectivity index is 2.32. The first-order valence-electron chi connectivity index (χ1n) is 6.73. The Morgan fingerprint density at radius 3 is 2.85 bits per heavy atom. The van der Waals surface area contributed by atoms with Crippen molar-refractivity contribution in [2.75, 3.05) is 25.1 Å². The van der Waals surface area contributed by atoms with Crippen LogP contribution in [0.25, 0.3) is 11.0 Å². The third kappa shape index (κ3) is 2.98. The maximum absolute atomic E-state index is 12.0. The van der Waals surface area contributed by atoms with E-state index in [2.05, 4.69) is 20.4 Å². The lowest BCUT2D eigenvalue weighted by molar-refractivity contribution is 0.158. The molecule has 0 unspecified atom stereocenters. The fourth-order valence-corrected chi connectivity index (χ4v) is 1.88. The fourth-order valence-electron chi connectivity index (χ4n) is 1.88. The molecule has 0 radical (unpaired) electrons. The lowest BCUT2D eigenvalue weighted by Gasteiger charge is -2.19. The van der Waals surface area contributed by atoms with Crippen molar-refractivity contribution in [1.29, 1.82) is 0 Å². The molecule has 0 aliphatic rings. The van der Waals surface area contributed by atoms with Gasteiger partial charge >= 0.3 is 0 Å². The van der Waals surface area contributed by atoms with E-state index in [1.165, 1.54) is 0 Å². The first-order chi connectivity index (χ1) is 9.43. The highest BCUT2D eigenvalue weighted by atomic mass is 16.5. The lowest BCUT2D eigenvalue weighted by atomic mass is 10.1. The summed E-state index contributed by atoms with van der Waals surface area (Å²) in [5.74, 6) is 0.438. The Morgan fingerprint density at radius 1 is 1.45 bits per heavy atom. The van der Waals surface area contributed by atoms with Crippen molar-refractivity contribution in [3.05, 3.63) is 16.6 Å². The van der Waals surface area contributed by atoms with Crippen molar-refractivity contribution in [1.82, 2.24) is 19.7 Å². The minimum Gasteiger partial charge on any atom is -0.380 e. The van der Waals surface area contributed by atoms with Crippen LogP contribution in [0.1, 0.15) is 27.7 Å². The van der Waals surface area contributed by atoms with Crippen LogP contribution in [-0.2, 0) is 10.3 Å². The minimum atomic E-state index is -0.231. The molecule has 0 amide bonds. The molecule has 2 N–H and O–H groups in total. The third-order valence-electron chi connectivity index (χ3n) is 2.82. The molecule has 2 aromatic rings. The molecule has 2 heterocycles. The molecule has 20 heavy (non-hydrogen) atoms. The number of aromatic amines is 1. The molecule has 0 spiro atoms. The summed E-state index contributed by atoms with van der Waals surface area (Å²) in [7, 11) is 0. The SMILES string of the molecule is CCOCCNc1nc2c(cnn2C(C)(C)C)c(=O)[nH]1. The zero-order chi connectivity index (χ0) is 14.8. The predicted octanol–water partition coefficient (Wildman–Crippen LogP) is 1.32. The highest BCUT2D eigenvalue weighted by Crippen LogP contribution is 2.18. The van der Waals surface area contributed by atoms with Gasteiger partial charge in [0, 0.05) is 13.2 Å². The Morgan fingerprint density at radius 2 is 2.20 bits per heavy atom. The largest absolute Gasteiger partial charge is 0.380 e. The van der Waals surface area contributed by atoms with Gasteiger partial charge in [0.15, 0.2) is 5.65 Å². The molecular weight excluding hydrogens is 258 g/mol. The number of hydrogen-bond donors (Lipinski definition) is 2. The number of hydrogen-bond acceptors (Lipinski definition) is 5. The van der Waals surface area contributed by atoms with Crippen LogP contribution in [0.4, 0.5) is 5.95 Å². The van der Waals surface area contributed by atoms with Crippen LogP contribution in [0.15, 0.2) is 11.0 Å². The van der Waals surface area contributed by atoms with Crippen LogP contribution in [0, 0.1) is 0 Å². The van der Waals surface area contributed by atoms with Crippen LogP contribution in [0.2, 0.25) is 0 Å². The van der Waals surface area contributed by atoms with Gasteiger partial charge in [-0.2, -0.15) is 10.1 Å². The standard InChI is InChI=1S/C13H21N5O2/c1-5-20-7-6-14-12-16-10-9(11(19)17-12)8-15-18(10)13(2,3)4/h8H,5-7H2,1-4H3,(H2,14,16,17,19). The quantitative estimate of drug-likeness (QED) is 0.806. The molecule has 0 atom stereocenters.